The molecule has 0 fully saturated rings. The standard InChI is InChI=1S/C18H16ClNO/c1-11-5-6-13(12(2)10-11)18(21)15-7-8-16(19)14-4-3-9-20-17(14)15/h3-10,18,21H,1-2H3. The highest BCUT2D eigenvalue weighted by Crippen LogP contribution is 2.32. The van der Waals surface area contributed by atoms with E-state index in [1.165, 1.54) is 5.56 Å². The van der Waals surface area contributed by atoms with Gasteiger partial charge < -0.3 is 5.11 Å². The maximum atomic E-state index is 10.8. The van der Waals surface area contributed by atoms with Crippen molar-refractivity contribution in [2.24, 2.45) is 0 Å². The Hall–Kier alpha value is -1.90. The van der Waals surface area contributed by atoms with Gasteiger partial charge in [-0.15, -0.1) is 0 Å². The van der Waals surface area contributed by atoms with Crippen LogP contribution in [0.15, 0.2) is 48.7 Å². The Morgan fingerprint density at radius 3 is 2.57 bits per heavy atom. The van der Waals surface area contributed by atoms with E-state index in [-0.39, 0.29) is 0 Å². The Bertz CT molecular complexity index is 813. The molecule has 0 radical (unpaired) electrons. The van der Waals surface area contributed by atoms with Crippen molar-refractivity contribution in [3.8, 4) is 0 Å². The van der Waals surface area contributed by atoms with Crippen LogP contribution in [0.25, 0.3) is 10.9 Å². The maximum Gasteiger partial charge on any atom is 0.106 e. The van der Waals surface area contributed by atoms with E-state index in [0.29, 0.717) is 5.02 Å². The van der Waals surface area contributed by atoms with Crippen molar-refractivity contribution in [3.05, 3.63) is 75.9 Å². The number of rotatable bonds is 2. The second-order valence-electron chi connectivity index (χ2n) is 5.30. The van der Waals surface area contributed by atoms with Crippen LogP contribution in [0.2, 0.25) is 5.02 Å². The number of fused-ring (bicyclic) bond motifs is 1. The lowest BCUT2D eigenvalue weighted by atomic mass is 9.94. The zero-order valence-electron chi connectivity index (χ0n) is 12.0. The van der Waals surface area contributed by atoms with Gasteiger partial charge >= 0.3 is 0 Å². The Balaban J connectivity index is 2.18. The number of aromatic nitrogens is 1. The van der Waals surface area contributed by atoms with Gasteiger partial charge in [0.05, 0.1) is 5.52 Å². The highest BCUT2D eigenvalue weighted by molar-refractivity contribution is 6.35. The Morgan fingerprint density at radius 2 is 1.81 bits per heavy atom. The summed E-state index contributed by atoms with van der Waals surface area (Å²) in [6.45, 7) is 4.06. The van der Waals surface area contributed by atoms with Crippen molar-refractivity contribution in [2.75, 3.05) is 0 Å². The number of aliphatic hydroxyl groups is 1. The van der Waals surface area contributed by atoms with Gasteiger partial charge in [-0.2, -0.15) is 0 Å². The lowest BCUT2D eigenvalue weighted by Gasteiger charge is -2.16. The SMILES string of the molecule is Cc1ccc(C(O)c2ccc(Cl)c3cccnc23)c(C)c1. The number of nitrogens with zero attached hydrogens (tertiary/aromatic N) is 1. The van der Waals surface area contributed by atoms with Crippen molar-refractivity contribution in [1.82, 2.24) is 4.98 Å². The molecule has 0 aliphatic rings. The summed E-state index contributed by atoms with van der Waals surface area (Å²) in [6, 6.07) is 13.5. The first-order valence-corrected chi connectivity index (χ1v) is 7.24. The first-order valence-electron chi connectivity index (χ1n) is 6.86. The summed E-state index contributed by atoms with van der Waals surface area (Å²) in [4.78, 5) is 4.39. The van der Waals surface area contributed by atoms with Crippen LogP contribution in [0.1, 0.15) is 28.4 Å². The molecule has 1 N–H and O–H groups in total. The normalized spacial score (nSPS) is 12.6. The van der Waals surface area contributed by atoms with E-state index < -0.39 is 6.10 Å². The molecule has 1 heterocycles. The monoisotopic (exact) mass is 297 g/mol. The summed E-state index contributed by atoms with van der Waals surface area (Å²) in [7, 11) is 0. The summed E-state index contributed by atoms with van der Waals surface area (Å²) >= 11 is 6.21. The molecular formula is C18H16ClNO. The molecule has 3 heteroatoms. The fourth-order valence-electron chi connectivity index (χ4n) is 2.68. The lowest BCUT2D eigenvalue weighted by Crippen LogP contribution is -2.04. The van der Waals surface area contributed by atoms with Gasteiger partial charge in [-0.25, -0.2) is 0 Å². The van der Waals surface area contributed by atoms with Gasteiger partial charge in [-0.3, -0.25) is 4.98 Å². The first kappa shape index (κ1) is 14.1. The molecule has 0 spiro atoms. The van der Waals surface area contributed by atoms with Crippen LogP contribution in [0.5, 0.6) is 0 Å². The summed E-state index contributed by atoms with van der Waals surface area (Å²) in [5.74, 6) is 0. The average Bonchev–Trinajstić information content (AvgIpc) is 2.47. The van der Waals surface area contributed by atoms with Crippen LogP contribution in [-0.4, -0.2) is 10.1 Å². The highest BCUT2D eigenvalue weighted by atomic mass is 35.5. The smallest absolute Gasteiger partial charge is 0.106 e. The number of aryl methyl sites for hydroxylation is 2. The minimum atomic E-state index is -0.708. The van der Waals surface area contributed by atoms with Crippen LogP contribution in [0, 0.1) is 13.8 Å². The molecule has 1 atom stereocenters. The zero-order valence-corrected chi connectivity index (χ0v) is 12.7. The summed E-state index contributed by atoms with van der Waals surface area (Å²) < 4.78 is 0. The molecule has 1 aromatic heterocycles. The van der Waals surface area contributed by atoms with Gasteiger partial charge in [0.25, 0.3) is 0 Å². The van der Waals surface area contributed by atoms with E-state index in [4.69, 9.17) is 11.6 Å². The Labute approximate surface area is 129 Å². The largest absolute Gasteiger partial charge is 0.384 e. The Kier molecular flexibility index (Phi) is 3.66. The molecule has 0 amide bonds. The minimum absolute atomic E-state index is 0.648. The third-order valence-electron chi connectivity index (χ3n) is 3.76. The second-order valence-corrected chi connectivity index (χ2v) is 5.71. The van der Waals surface area contributed by atoms with E-state index in [2.05, 4.69) is 11.1 Å². The number of pyridine rings is 1. The van der Waals surface area contributed by atoms with Gasteiger partial charge in [0.1, 0.15) is 6.10 Å². The molecule has 3 rings (SSSR count). The number of hydrogen-bond acceptors (Lipinski definition) is 2. The van der Waals surface area contributed by atoms with Crippen LogP contribution >= 0.6 is 11.6 Å². The molecule has 2 nitrogen and oxygen atoms in total. The molecule has 3 aromatic rings. The van der Waals surface area contributed by atoms with Crippen LogP contribution in [-0.2, 0) is 0 Å². The van der Waals surface area contributed by atoms with Crippen molar-refractivity contribution in [3.63, 3.8) is 0 Å². The molecule has 0 aliphatic carbocycles. The minimum Gasteiger partial charge on any atom is -0.384 e. The second kappa shape index (κ2) is 5.47. The molecule has 21 heavy (non-hydrogen) atoms. The molecule has 106 valence electrons. The topological polar surface area (TPSA) is 33.1 Å². The maximum absolute atomic E-state index is 10.8. The number of aliphatic hydroxyl groups excluding tert-OH is 1. The summed E-state index contributed by atoms with van der Waals surface area (Å²) in [5.41, 5.74) is 4.68. The van der Waals surface area contributed by atoms with Crippen LogP contribution in [0.3, 0.4) is 0 Å². The zero-order chi connectivity index (χ0) is 15.0. The summed E-state index contributed by atoms with van der Waals surface area (Å²) in [6.07, 6.45) is 1.01. The predicted octanol–water partition coefficient (Wildman–Crippen LogP) is 4.59. The Morgan fingerprint density at radius 1 is 1.05 bits per heavy atom. The van der Waals surface area contributed by atoms with E-state index >= 15 is 0 Å². The molecule has 0 aliphatic heterocycles. The third kappa shape index (κ3) is 2.53. The lowest BCUT2D eigenvalue weighted by molar-refractivity contribution is 0.221. The average molecular weight is 298 g/mol. The number of halogens is 1. The van der Waals surface area contributed by atoms with Crippen LogP contribution < -0.4 is 0 Å². The van der Waals surface area contributed by atoms with Gasteiger partial charge in [0, 0.05) is 22.2 Å². The van der Waals surface area contributed by atoms with Gasteiger partial charge in [0.2, 0.25) is 0 Å². The van der Waals surface area contributed by atoms with Gasteiger partial charge in [0.15, 0.2) is 0 Å². The summed E-state index contributed by atoms with van der Waals surface area (Å²) in [5, 5.41) is 12.3. The first-order chi connectivity index (χ1) is 10.1. The molecule has 0 saturated carbocycles. The predicted molar refractivity (Wildman–Crippen MR) is 86.7 cm³/mol. The van der Waals surface area contributed by atoms with E-state index in [0.717, 1.165) is 27.6 Å². The molecular weight excluding hydrogens is 282 g/mol. The van der Waals surface area contributed by atoms with Crippen molar-refractivity contribution in [1.29, 1.82) is 0 Å². The van der Waals surface area contributed by atoms with E-state index in [1.807, 2.05) is 50.2 Å². The van der Waals surface area contributed by atoms with Crippen LogP contribution in [0.4, 0.5) is 0 Å². The fourth-order valence-corrected chi connectivity index (χ4v) is 2.90. The fraction of sp³-hybridized carbons (Fsp3) is 0.167. The molecule has 1 unspecified atom stereocenters. The number of benzene rings is 2. The van der Waals surface area contributed by atoms with Gasteiger partial charge in [-0.1, -0.05) is 41.4 Å². The molecule has 2 aromatic carbocycles. The molecule has 0 bridgehead atoms. The number of hydrogen-bond donors (Lipinski definition) is 1. The van der Waals surface area contributed by atoms with E-state index in [1.54, 1.807) is 6.20 Å². The quantitative estimate of drug-likeness (QED) is 0.750. The molecule has 0 saturated heterocycles. The van der Waals surface area contributed by atoms with Crippen molar-refractivity contribution < 1.29 is 5.11 Å². The third-order valence-corrected chi connectivity index (χ3v) is 4.09. The van der Waals surface area contributed by atoms with Crippen molar-refractivity contribution in [2.45, 2.75) is 20.0 Å². The van der Waals surface area contributed by atoms with Crippen molar-refractivity contribution >= 4 is 22.5 Å². The van der Waals surface area contributed by atoms with E-state index in [9.17, 15) is 5.11 Å². The highest BCUT2D eigenvalue weighted by Gasteiger charge is 2.17. The van der Waals surface area contributed by atoms with Gasteiger partial charge in [-0.05, 0) is 43.2 Å².